The SMILES string of the molecule is CCCCC(NC1CC1c1ccccc1)c1ccccc1. The van der Waals surface area contributed by atoms with Crippen LogP contribution in [-0.4, -0.2) is 6.04 Å². The molecule has 1 fully saturated rings. The largest absolute Gasteiger partial charge is 0.307 e. The van der Waals surface area contributed by atoms with E-state index in [1.165, 1.54) is 36.8 Å². The molecule has 21 heavy (non-hydrogen) atoms. The van der Waals surface area contributed by atoms with Gasteiger partial charge in [-0.15, -0.1) is 0 Å². The Morgan fingerprint density at radius 2 is 1.67 bits per heavy atom. The highest BCUT2D eigenvalue weighted by Crippen LogP contribution is 2.42. The van der Waals surface area contributed by atoms with Crippen LogP contribution in [0.1, 0.15) is 55.7 Å². The monoisotopic (exact) mass is 279 g/mol. The molecule has 110 valence electrons. The highest BCUT2D eigenvalue weighted by atomic mass is 15.0. The summed E-state index contributed by atoms with van der Waals surface area (Å²) in [5.41, 5.74) is 2.92. The molecule has 0 aromatic heterocycles. The molecule has 2 aromatic rings. The van der Waals surface area contributed by atoms with E-state index in [1.54, 1.807) is 0 Å². The molecular formula is C20H25N. The average Bonchev–Trinajstić information content (AvgIpc) is 3.32. The fourth-order valence-electron chi connectivity index (χ4n) is 3.15. The van der Waals surface area contributed by atoms with Crippen molar-refractivity contribution < 1.29 is 0 Å². The minimum absolute atomic E-state index is 0.505. The third-order valence-corrected chi connectivity index (χ3v) is 4.48. The van der Waals surface area contributed by atoms with Crippen molar-refractivity contribution in [3.63, 3.8) is 0 Å². The lowest BCUT2D eigenvalue weighted by Crippen LogP contribution is -2.24. The Bertz CT molecular complexity index is 534. The topological polar surface area (TPSA) is 12.0 Å². The van der Waals surface area contributed by atoms with Gasteiger partial charge in [-0.25, -0.2) is 0 Å². The Kier molecular flexibility index (Phi) is 4.72. The Labute approximate surface area is 128 Å². The van der Waals surface area contributed by atoms with Gasteiger partial charge < -0.3 is 5.32 Å². The quantitative estimate of drug-likeness (QED) is 0.746. The third-order valence-electron chi connectivity index (χ3n) is 4.48. The van der Waals surface area contributed by atoms with E-state index in [-0.39, 0.29) is 0 Å². The zero-order valence-electron chi connectivity index (χ0n) is 12.8. The van der Waals surface area contributed by atoms with Gasteiger partial charge in [0.1, 0.15) is 0 Å². The summed E-state index contributed by atoms with van der Waals surface area (Å²) in [7, 11) is 0. The molecule has 3 atom stereocenters. The van der Waals surface area contributed by atoms with Gasteiger partial charge in [-0.3, -0.25) is 0 Å². The zero-order chi connectivity index (χ0) is 14.5. The Balaban J connectivity index is 1.63. The smallest absolute Gasteiger partial charge is 0.0322 e. The molecule has 1 N–H and O–H groups in total. The first kappa shape index (κ1) is 14.3. The maximum absolute atomic E-state index is 3.89. The summed E-state index contributed by atoms with van der Waals surface area (Å²) < 4.78 is 0. The van der Waals surface area contributed by atoms with E-state index in [9.17, 15) is 0 Å². The van der Waals surface area contributed by atoms with Crippen LogP contribution in [0.2, 0.25) is 0 Å². The lowest BCUT2D eigenvalue weighted by Gasteiger charge is -2.19. The van der Waals surface area contributed by atoms with Crippen LogP contribution < -0.4 is 5.32 Å². The summed E-state index contributed by atoms with van der Waals surface area (Å²) in [6, 6.07) is 23.0. The molecular weight excluding hydrogens is 254 g/mol. The number of unbranched alkanes of at least 4 members (excludes halogenated alkanes) is 1. The van der Waals surface area contributed by atoms with Gasteiger partial charge in [0.05, 0.1) is 0 Å². The van der Waals surface area contributed by atoms with Gasteiger partial charge in [-0.2, -0.15) is 0 Å². The molecule has 0 aliphatic heterocycles. The van der Waals surface area contributed by atoms with Crippen molar-refractivity contribution in [2.45, 2.75) is 50.6 Å². The van der Waals surface area contributed by atoms with Crippen LogP contribution in [0, 0.1) is 0 Å². The summed E-state index contributed by atoms with van der Waals surface area (Å²) in [6.45, 7) is 2.27. The van der Waals surface area contributed by atoms with Gasteiger partial charge in [0.25, 0.3) is 0 Å². The standard InChI is InChI=1S/C20H25N/c1-2-3-14-19(17-12-8-5-9-13-17)21-20-15-18(20)16-10-6-4-7-11-16/h4-13,18-21H,2-3,14-15H2,1H3. The van der Waals surface area contributed by atoms with E-state index >= 15 is 0 Å². The van der Waals surface area contributed by atoms with Crippen molar-refractivity contribution >= 4 is 0 Å². The molecule has 0 spiro atoms. The normalized spacial score (nSPS) is 22.0. The van der Waals surface area contributed by atoms with E-state index in [0.29, 0.717) is 18.0 Å². The number of hydrogen-bond donors (Lipinski definition) is 1. The molecule has 0 heterocycles. The number of benzene rings is 2. The third kappa shape index (κ3) is 3.74. The van der Waals surface area contributed by atoms with E-state index in [1.807, 2.05) is 0 Å². The average molecular weight is 279 g/mol. The summed E-state index contributed by atoms with van der Waals surface area (Å²) in [5.74, 6) is 0.707. The molecule has 1 saturated carbocycles. The van der Waals surface area contributed by atoms with Crippen LogP contribution in [0.5, 0.6) is 0 Å². The Morgan fingerprint density at radius 3 is 2.33 bits per heavy atom. The predicted octanol–water partition coefficient (Wildman–Crippen LogP) is 5.06. The lowest BCUT2D eigenvalue weighted by atomic mass is 10.0. The molecule has 1 heteroatoms. The molecule has 0 amide bonds. The van der Waals surface area contributed by atoms with Gasteiger partial charge in [-0.1, -0.05) is 80.4 Å². The van der Waals surface area contributed by atoms with Gasteiger partial charge in [0.15, 0.2) is 0 Å². The van der Waals surface area contributed by atoms with Crippen LogP contribution in [0.25, 0.3) is 0 Å². The molecule has 1 aliphatic carbocycles. The fraction of sp³-hybridized carbons (Fsp3) is 0.400. The van der Waals surface area contributed by atoms with Gasteiger partial charge in [-0.05, 0) is 24.0 Å². The highest BCUT2D eigenvalue weighted by molar-refractivity contribution is 5.28. The Morgan fingerprint density at radius 1 is 1.00 bits per heavy atom. The molecule has 3 rings (SSSR count). The van der Waals surface area contributed by atoms with Gasteiger partial charge in [0.2, 0.25) is 0 Å². The number of rotatable bonds is 7. The van der Waals surface area contributed by atoms with E-state index < -0.39 is 0 Å². The second-order valence-corrected chi connectivity index (χ2v) is 6.13. The summed E-state index contributed by atoms with van der Waals surface area (Å²) in [5, 5.41) is 3.89. The highest BCUT2D eigenvalue weighted by Gasteiger charge is 2.39. The molecule has 0 saturated heterocycles. The second-order valence-electron chi connectivity index (χ2n) is 6.13. The van der Waals surface area contributed by atoms with E-state index in [4.69, 9.17) is 0 Å². The summed E-state index contributed by atoms with van der Waals surface area (Å²) in [6.07, 6.45) is 5.06. The van der Waals surface area contributed by atoms with Crippen molar-refractivity contribution in [1.82, 2.24) is 5.32 Å². The number of hydrogen-bond acceptors (Lipinski definition) is 1. The van der Waals surface area contributed by atoms with Crippen molar-refractivity contribution in [1.29, 1.82) is 0 Å². The molecule has 1 aliphatic rings. The minimum Gasteiger partial charge on any atom is -0.307 e. The van der Waals surface area contributed by atoms with Crippen molar-refractivity contribution in [2.24, 2.45) is 0 Å². The van der Waals surface area contributed by atoms with E-state index in [0.717, 1.165) is 0 Å². The Hall–Kier alpha value is -1.60. The zero-order valence-corrected chi connectivity index (χ0v) is 12.8. The first-order valence-corrected chi connectivity index (χ1v) is 8.24. The predicted molar refractivity (Wildman–Crippen MR) is 89.4 cm³/mol. The van der Waals surface area contributed by atoms with Crippen molar-refractivity contribution in [3.8, 4) is 0 Å². The molecule has 1 nitrogen and oxygen atoms in total. The molecule has 2 aromatic carbocycles. The molecule has 0 radical (unpaired) electrons. The maximum atomic E-state index is 3.89. The molecule has 3 unspecified atom stereocenters. The van der Waals surface area contributed by atoms with Crippen LogP contribution in [0.15, 0.2) is 60.7 Å². The summed E-state index contributed by atoms with van der Waals surface area (Å²) in [4.78, 5) is 0. The van der Waals surface area contributed by atoms with Crippen LogP contribution in [0.4, 0.5) is 0 Å². The maximum Gasteiger partial charge on any atom is 0.0322 e. The second kappa shape index (κ2) is 6.91. The van der Waals surface area contributed by atoms with Crippen molar-refractivity contribution in [3.05, 3.63) is 71.8 Å². The van der Waals surface area contributed by atoms with E-state index in [2.05, 4.69) is 72.9 Å². The van der Waals surface area contributed by atoms with Crippen LogP contribution in [-0.2, 0) is 0 Å². The summed E-state index contributed by atoms with van der Waals surface area (Å²) >= 11 is 0. The minimum atomic E-state index is 0.505. The first-order valence-electron chi connectivity index (χ1n) is 8.24. The van der Waals surface area contributed by atoms with Crippen LogP contribution in [0.3, 0.4) is 0 Å². The molecule has 0 bridgehead atoms. The lowest BCUT2D eigenvalue weighted by molar-refractivity contribution is 0.474. The van der Waals surface area contributed by atoms with Gasteiger partial charge in [0, 0.05) is 18.0 Å². The first-order chi connectivity index (χ1) is 10.4. The number of nitrogens with one attached hydrogen (secondary N) is 1. The van der Waals surface area contributed by atoms with Crippen LogP contribution >= 0.6 is 0 Å². The van der Waals surface area contributed by atoms with Gasteiger partial charge >= 0.3 is 0 Å². The fourth-order valence-corrected chi connectivity index (χ4v) is 3.15. The van der Waals surface area contributed by atoms with Crippen molar-refractivity contribution in [2.75, 3.05) is 0 Å².